The number of carbonyl (C=O) groups excluding carboxylic acids is 3. The number of nitrogens with zero attached hydrogens (tertiary/aromatic N) is 2. The van der Waals surface area contributed by atoms with Crippen LogP contribution < -0.4 is 15.4 Å². The fourth-order valence-electron chi connectivity index (χ4n) is 3.65. The highest BCUT2D eigenvalue weighted by Gasteiger charge is 2.35. The number of halogens is 2. The first-order chi connectivity index (χ1) is 17.7. The second kappa shape index (κ2) is 11.2. The van der Waals surface area contributed by atoms with Crippen LogP contribution in [0.3, 0.4) is 0 Å². The molecule has 3 aromatic carbocycles. The smallest absolute Gasteiger partial charge is 0.329 e. The van der Waals surface area contributed by atoms with Crippen molar-refractivity contribution in [3.8, 4) is 11.8 Å². The molecule has 1 saturated heterocycles. The van der Waals surface area contributed by atoms with Gasteiger partial charge in [0, 0.05) is 11.3 Å². The van der Waals surface area contributed by atoms with Gasteiger partial charge in [0.1, 0.15) is 18.8 Å². The van der Waals surface area contributed by atoms with Crippen molar-refractivity contribution in [3.05, 3.63) is 98.7 Å². The third-order valence-electron chi connectivity index (χ3n) is 5.41. The lowest BCUT2D eigenvalue weighted by atomic mass is 10.1. The second-order valence-corrected chi connectivity index (χ2v) is 8.98. The van der Waals surface area contributed by atoms with E-state index < -0.39 is 24.4 Å². The van der Waals surface area contributed by atoms with Crippen molar-refractivity contribution < 1.29 is 19.1 Å². The van der Waals surface area contributed by atoms with Gasteiger partial charge in [0.25, 0.3) is 5.91 Å². The average Bonchev–Trinajstić information content (AvgIpc) is 3.11. The topological polar surface area (TPSA) is 112 Å². The lowest BCUT2D eigenvalue weighted by molar-refractivity contribution is -0.127. The van der Waals surface area contributed by atoms with E-state index in [1.54, 1.807) is 42.5 Å². The number of benzene rings is 3. The molecule has 37 heavy (non-hydrogen) atoms. The van der Waals surface area contributed by atoms with Crippen LogP contribution in [0.4, 0.5) is 10.5 Å². The first-order valence-corrected chi connectivity index (χ1v) is 11.8. The molecule has 0 aliphatic carbocycles. The van der Waals surface area contributed by atoms with Crippen molar-refractivity contribution >= 4 is 52.8 Å². The number of nitriles is 1. The van der Waals surface area contributed by atoms with E-state index in [1.807, 2.05) is 13.0 Å². The van der Waals surface area contributed by atoms with Crippen LogP contribution in [-0.4, -0.2) is 29.3 Å². The van der Waals surface area contributed by atoms with Crippen molar-refractivity contribution in [1.29, 1.82) is 5.26 Å². The molecule has 0 spiro atoms. The Balaban J connectivity index is 1.45. The predicted molar refractivity (Wildman–Crippen MR) is 140 cm³/mol. The number of nitrogens with one attached hydrogen (secondary N) is 2. The molecule has 4 rings (SSSR count). The van der Waals surface area contributed by atoms with Gasteiger partial charge >= 0.3 is 6.03 Å². The maximum absolute atomic E-state index is 12.8. The Labute approximate surface area is 223 Å². The maximum atomic E-state index is 12.8. The molecule has 1 aliphatic rings. The third-order valence-corrected chi connectivity index (χ3v) is 5.97. The zero-order valence-electron chi connectivity index (χ0n) is 19.5. The van der Waals surface area contributed by atoms with Crippen LogP contribution in [0.5, 0.6) is 5.75 Å². The van der Waals surface area contributed by atoms with Crippen LogP contribution >= 0.6 is 23.2 Å². The molecule has 1 aliphatic heterocycles. The molecule has 0 radical (unpaired) electrons. The van der Waals surface area contributed by atoms with Gasteiger partial charge in [-0.15, -0.1) is 0 Å². The van der Waals surface area contributed by atoms with Gasteiger partial charge in [-0.3, -0.25) is 9.59 Å². The minimum Gasteiger partial charge on any atom is -0.486 e. The molecule has 0 bridgehead atoms. The van der Waals surface area contributed by atoms with Gasteiger partial charge in [0.15, 0.2) is 5.75 Å². The van der Waals surface area contributed by atoms with E-state index in [-0.39, 0.29) is 28.1 Å². The van der Waals surface area contributed by atoms with Gasteiger partial charge in [-0.2, -0.15) is 5.26 Å². The van der Waals surface area contributed by atoms with Crippen LogP contribution in [0.25, 0.3) is 6.08 Å². The molecule has 10 heteroatoms. The molecule has 0 saturated carbocycles. The number of amides is 4. The van der Waals surface area contributed by atoms with Crippen LogP contribution in [0, 0.1) is 18.3 Å². The monoisotopic (exact) mass is 534 g/mol. The molecule has 2 N–H and O–H groups in total. The normalized spacial score (nSPS) is 13.9. The SMILES string of the molecule is Cc1cccc(NC(=O)CN2C(=O)N/C(=C/c3cc(Cl)c(OCc4ccccc4C#N)c(Cl)c3)C2=O)c1. The van der Waals surface area contributed by atoms with Crippen LogP contribution in [0.2, 0.25) is 10.0 Å². The Morgan fingerprint density at radius 1 is 1.11 bits per heavy atom. The van der Waals surface area contributed by atoms with Crippen molar-refractivity contribution in [3.63, 3.8) is 0 Å². The minimum atomic E-state index is -0.719. The summed E-state index contributed by atoms with van der Waals surface area (Å²) in [6.45, 7) is 1.52. The number of carbonyl (C=O) groups is 3. The standard InChI is InChI=1S/C27H20Cl2N4O4/c1-16-5-4-8-20(9-16)31-24(34)14-33-26(35)23(32-27(33)36)12-17-10-21(28)25(22(29)11-17)37-15-19-7-3-2-6-18(19)13-30/h2-12H,14-15H2,1H3,(H,31,34)(H,32,36)/b23-12+. The molecule has 1 heterocycles. The Bertz CT molecular complexity index is 1460. The molecule has 0 unspecified atom stereocenters. The molecule has 8 nitrogen and oxygen atoms in total. The summed E-state index contributed by atoms with van der Waals surface area (Å²) in [7, 11) is 0. The number of ether oxygens (including phenoxy) is 1. The van der Waals surface area contributed by atoms with E-state index in [0.717, 1.165) is 10.5 Å². The second-order valence-electron chi connectivity index (χ2n) is 8.17. The van der Waals surface area contributed by atoms with E-state index >= 15 is 0 Å². The molecule has 0 atom stereocenters. The molecule has 1 fully saturated rings. The number of hydrogen-bond donors (Lipinski definition) is 2. The van der Waals surface area contributed by atoms with Crippen LogP contribution in [0.15, 0.2) is 66.4 Å². The quantitative estimate of drug-likeness (QED) is 0.316. The van der Waals surface area contributed by atoms with Gasteiger partial charge in [0.2, 0.25) is 5.91 Å². The Kier molecular flexibility index (Phi) is 7.77. The van der Waals surface area contributed by atoms with Crippen LogP contribution in [0.1, 0.15) is 22.3 Å². The molecule has 4 amide bonds. The zero-order valence-corrected chi connectivity index (χ0v) is 21.1. The molecule has 3 aromatic rings. The van der Waals surface area contributed by atoms with Crippen molar-refractivity contribution in [2.75, 3.05) is 11.9 Å². The summed E-state index contributed by atoms with van der Waals surface area (Å²) >= 11 is 12.7. The van der Waals surface area contributed by atoms with E-state index in [0.29, 0.717) is 22.4 Å². The molecule has 0 aromatic heterocycles. The summed E-state index contributed by atoms with van der Waals surface area (Å²) in [5.74, 6) is -0.958. The average molecular weight is 535 g/mol. The lowest BCUT2D eigenvalue weighted by Gasteiger charge is -2.12. The fraction of sp³-hybridized carbons (Fsp3) is 0.111. The van der Waals surface area contributed by atoms with Gasteiger partial charge in [-0.05, 0) is 54.5 Å². The molecular weight excluding hydrogens is 515 g/mol. The van der Waals surface area contributed by atoms with Gasteiger partial charge < -0.3 is 15.4 Å². The molecular formula is C27H20Cl2N4O4. The summed E-state index contributed by atoms with van der Waals surface area (Å²) in [6.07, 6.45) is 1.41. The highest BCUT2D eigenvalue weighted by molar-refractivity contribution is 6.37. The molecule has 186 valence electrons. The summed E-state index contributed by atoms with van der Waals surface area (Å²) in [5, 5.41) is 14.7. The predicted octanol–water partition coefficient (Wildman–Crippen LogP) is 5.28. The number of anilines is 1. The zero-order chi connectivity index (χ0) is 26.5. The van der Waals surface area contributed by atoms with Gasteiger partial charge in [-0.25, -0.2) is 9.69 Å². The third kappa shape index (κ3) is 6.09. The van der Waals surface area contributed by atoms with Gasteiger partial charge in [0.05, 0.1) is 21.7 Å². The van der Waals surface area contributed by atoms with Crippen molar-refractivity contribution in [2.45, 2.75) is 13.5 Å². The van der Waals surface area contributed by atoms with E-state index in [9.17, 15) is 19.6 Å². The van der Waals surface area contributed by atoms with E-state index in [4.69, 9.17) is 27.9 Å². The summed E-state index contributed by atoms with van der Waals surface area (Å²) in [6, 6.07) is 18.6. The lowest BCUT2D eigenvalue weighted by Crippen LogP contribution is -2.38. The van der Waals surface area contributed by atoms with Gasteiger partial charge in [-0.1, -0.05) is 53.5 Å². The Morgan fingerprint density at radius 2 is 1.84 bits per heavy atom. The summed E-state index contributed by atoms with van der Waals surface area (Å²) in [4.78, 5) is 38.4. The Morgan fingerprint density at radius 3 is 2.54 bits per heavy atom. The fourth-order valence-corrected chi connectivity index (χ4v) is 4.27. The van der Waals surface area contributed by atoms with E-state index in [2.05, 4.69) is 16.7 Å². The first kappa shape index (κ1) is 25.8. The minimum absolute atomic E-state index is 0.0305. The van der Waals surface area contributed by atoms with E-state index in [1.165, 1.54) is 18.2 Å². The highest BCUT2D eigenvalue weighted by atomic mass is 35.5. The number of imide groups is 1. The largest absolute Gasteiger partial charge is 0.486 e. The number of aryl methyl sites for hydroxylation is 1. The maximum Gasteiger partial charge on any atom is 0.329 e. The highest BCUT2D eigenvalue weighted by Crippen LogP contribution is 2.35. The van der Waals surface area contributed by atoms with Crippen LogP contribution in [-0.2, 0) is 16.2 Å². The number of rotatable bonds is 7. The summed E-state index contributed by atoms with van der Waals surface area (Å²) < 4.78 is 5.75. The summed E-state index contributed by atoms with van der Waals surface area (Å²) in [5.41, 5.74) is 3.08. The number of urea groups is 1. The van der Waals surface area contributed by atoms with Crippen molar-refractivity contribution in [1.82, 2.24) is 10.2 Å². The Hall–Kier alpha value is -4.32. The first-order valence-electron chi connectivity index (χ1n) is 11.1. The number of hydrogen-bond acceptors (Lipinski definition) is 5. The van der Waals surface area contributed by atoms with Crippen molar-refractivity contribution in [2.24, 2.45) is 0 Å².